The predicted molar refractivity (Wildman–Crippen MR) is 105 cm³/mol. The number of amides is 1. The van der Waals surface area contributed by atoms with Gasteiger partial charge >= 0.3 is 5.97 Å². The van der Waals surface area contributed by atoms with Crippen molar-refractivity contribution < 1.29 is 14.3 Å². The molecule has 0 fully saturated rings. The van der Waals surface area contributed by atoms with Crippen molar-refractivity contribution in [3.63, 3.8) is 0 Å². The smallest absolute Gasteiger partial charge is 0.305 e. The van der Waals surface area contributed by atoms with Crippen LogP contribution in [0.4, 0.5) is 5.69 Å². The highest BCUT2D eigenvalue weighted by molar-refractivity contribution is 5.95. The van der Waals surface area contributed by atoms with Crippen LogP contribution in [-0.4, -0.2) is 18.5 Å². The molecule has 4 nitrogen and oxygen atoms in total. The second-order valence-corrected chi connectivity index (χ2v) is 6.24. The van der Waals surface area contributed by atoms with E-state index in [1.807, 2.05) is 54.6 Å². The Morgan fingerprint density at radius 2 is 1.62 bits per heavy atom. The number of hydrogen-bond donors (Lipinski definition) is 1. The third-order valence-corrected chi connectivity index (χ3v) is 4.08. The zero-order valence-electron chi connectivity index (χ0n) is 15.4. The zero-order chi connectivity index (χ0) is 18.6. The van der Waals surface area contributed by atoms with Crippen molar-refractivity contribution in [2.24, 2.45) is 0 Å². The van der Waals surface area contributed by atoms with Crippen LogP contribution in [0.15, 0.2) is 54.6 Å². The molecule has 0 aliphatic carbocycles. The molecule has 2 aromatic carbocycles. The van der Waals surface area contributed by atoms with Crippen molar-refractivity contribution in [2.75, 3.05) is 11.9 Å². The maximum atomic E-state index is 12.2. The van der Waals surface area contributed by atoms with E-state index in [-0.39, 0.29) is 18.3 Å². The molecule has 0 aliphatic heterocycles. The Morgan fingerprint density at radius 3 is 2.38 bits per heavy atom. The topological polar surface area (TPSA) is 55.4 Å². The molecule has 2 rings (SSSR count). The van der Waals surface area contributed by atoms with Crippen LogP contribution in [0.2, 0.25) is 0 Å². The number of carbonyl (C=O) groups excluding carboxylic acids is 2. The molecule has 0 aliphatic rings. The maximum absolute atomic E-state index is 12.2. The molecule has 0 unspecified atom stereocenters. The molecular weight excluding hydrogens is 326 g/mol. The van der Waals surface area contributed by atoms with Gasteiger partial charge in [0.1, 0.15) is 0 Å². The first kappa shape index (κ1) is 19.7. The van der Waals surface area contributed by atoms with Crippen LogP contribution in [0.1, 0.15) is 45.4 Å². The lowest BCUT2D eigenvalue weighted by atomic mass is 10.0. The minimum absolute atomic E-state index is 0.0906. The maximum Gasteiger partial charge on any atom is 0.305 e. The summed E-state index contributed by atoms with van der Waals surface area (Å²) in [6, 6.07) is 17.7. The fraction of sp³-hybridized carbons (Fsp3) is 0.364. The molecule has 138 valence electrons. The summed E-state index contributed by atoms with van der Waals surface area (Å²) in [6.07, 6.45) is 4.14. The van der Waals surface area contributed by atoms with Gasteiger partial charge in [-0.15, -0.1) is 0 Å². The first-order valence-electron chi connectivity index (χ1n) is 9.30. The van der Waals surface area contributed by atoms with Crippen molar-refractivity contribution >= 4 is 17.6 Å². The molecule has 26 heavy (non-hydrogen) atoms. The first-order valence-corrected chi connectivity index (χ1v) is 9.30. The summed E-state index contributed by atoms with van der Waals surface area (Å²) >= 11 is 0. The van der Waals surface area contributed by atoms with E-state index in [0.29, 0.717) is 19.4 Å². The molecule has 0 heterocycles. The number of rotatable bonds is 10. The van der Waals surface area contributed by atoms with E-state index < -0.39 is 0 Å². The van der Waals surface area contributed by atoms with Gasteiger partial charge in [0, 0.05) is 24.1 Å². The van der Waals surface area contributed by atoms with Gasteiger partial charge in [-0.2, -0.15) is 0 Å². The van der Waals surface area contributed by atoms with Crippen molar-refractivity contribution in [3.8, 4) is 11.1 Å². The molecular formula is C22H27NO3. The molecule has 0 bridgehead atoms. The Balaban J connectivity index is 1.79. The highest BCUT2D eigenvalue weighted by atomic mass is 16.5. The number of nitrogens with one attached hydrogen (secondary N) is 1. The van der Waals surface area contributed by atoms with Crippen molar-refractivity contribution in [1.82, 2.24) is 0 Å². The molecule has 1 amide bonds. The molecule has 0 radical (unpaired) electrons. The highest BCUT2D eigenvalue weighted by Gasteiger charge is 2.09. The monoisotopic (exact) mass is 353 g/mol. The third kappa shape index (κ3) is 6.71. The molecule has 0 atom stereocenters. The molecule has 4 heteroatoms. The standard InChI is InChI=1S/C22H27NO3/c1-2-3-9-17-26-22(25)16-10-15-21(24)23-20-14-8-7-13-19(20)18-11-5-4-6-12-18/h4-8,11-14H,2-3,9-10,15-17H2,1H3,(H,23,24). The lowest BCUT2D eigenvalue weighted by Gasteiger charge is -2.11. The number of hydrogen-bond acceptors (Lipinski definition) is 3. The lowest BCUT2D eigenvalue weighted by Crippen LogP contribution is -2.13. The van der Waals surface area contributed by atoms with Gasteiger partial charge in [-0.25, -0.2) is 0 Å². The fourth-order valence-corrected chi connectivity index (χ4v) is 2.68. The second-order valence-electron chi connectivity index (χ2n) is 6.24. The number of para-hydroxylation sites is 1. The number of carbonyl (C=O) groups is 2. The third-order valence-electron chi connectivity index (χ3n) is 4.08. The van der Waals surface area contributed by atoms with E-state index in [2.05, 4.69) is 12.2 Å². The first-order chi connectivity index (χ1) is 12.7. The number of esters is 1. The van der Waals surface area contributed by atoms with E-state index >= 15 is 0 Å². The van der Waals surface area contributed by atoms with Gasteiger partial charge < -0.3 is 10.1 Å². The fourth-order valence-electron chi connectivity index (χ4n) is 2.68. The Hall–Kier alpha value is -2.62. The van der Waals surface area contributed by atoms with E-state index in [1.54, 1.807) is 0 Å². The average molecular weight is 353 g/mol. The Kier molecular flexibility index (Phi) is 8.40. The number of benzene rings is 2. The van der Waals surface area contributed by atoms with E-state index in [0.717, 1.165) is 36.1 Å². The molecule has 2 aromatic rings. The zero-order valence-corrected chi connectivity index (χ0v) is 15.4. The second kappa shape index (κ2) is 11.1. The quantitative estimate of drug-likeness (QED) is 0.472. The van der Waals surface area contributed by atoms with Crippen LogP contribution < -0.4 is 5.32 Å². The van der Waals surface area contributed by atoms with Gasteiger partial charge in [0.15, 0.2) is 0 Å². The molecule has 0 spiro atoms. The van der Waals surface area contributed by atoms with Gasteiger partial charge in [0.2, 0.25) is 5.91 Å². The summed E-state index contributed by atoms with van der Waals surface area (Å²) in [5, 5.41) is 2.95. The van der Waals surface area contributed by atoms with Crippen LogP contribution in [0.3, 0.4) is 0 Å². The summed E-state index contributed by atoms with van der Waals surface area (Å²) in [6.45, 7) is 2.58. The summed E-state index contributed by atoms with van der Waals surface area (Å²) in [7, 11) is 0. The minimum Gasteiger partial charge on any atom is -0.466 e. The summed E-state index contributed by atoms with van der Waals surface area (Å²) in [5.74, 6) is -0.314. The van der Waals surface area contributed by atoms with E-state index in [9.17, 15) is 9.59 Å². The lowest BCUT2D eigenvalue weighted by molar-refractivity contribution is -0.143. The SMILES string of the molecule is CCCCCOC(=O)CCCC(=O)Nc1ccccc1-c1ccccc1. The molecule has 0 aromatic heterocycles. The van der Waals surface area contributed by atoms with Crippen LogP contribution in [0.5, 0.6) is 0 Å². The number of ether oxygens (including phenoxy) is 1. The van der Waals surface area contributed by atoms with Crippen molar-refractivity contribution in [1.29, 1.82) is 0 Å². The Bertz CT molecular complexity index is 698. The minimum atomic E-state index is -0.224. The number of anilines is 1. The van der Waals surface area contributed by atoms with Crippen molar-refractivity contribution in [3.05, 3.63) is 54.6 Å². The summed E-state index contributed by atoms with van der Waals surface area (Å²) in [5.41, 5.74) is 2.82. The van der Waals surface area contributed by atoms with E-state index in [1.165, 1.54) is 0 Å². The summed E-state index contributed by atoms with van der Waals surface area (Å²) < 4.78 is 5.15. The van der Waals surface area contributed by atoms with Gasteiger partial charge in [-0.05, 0) is 24.5 Å². The average Bonchev–Trinajstić information content (AvgIpc) is 2.66. The van der Waals surface area contributed by atoms with Gasteiger partial charge in [-0.1, -0.05) is 68.3 Å². The van der Waals surface area contributed by atoms with Gasteiger partial charge in [0.05, 0.1) is 6.61 Å². The largest absolute Gasteiger partial charge is 0.466 e. The van der Waals surface area contributed by atoms with Crippen molar-refractivity contribution in [2.45, 2.75) is 45.4 Å². The summed E-state index contributed by atoms with van der Waals surface area (Å²) in [4.78, 5) is 23.8. The Morgan fingerprint density at radius 1 is 0.885 bits per heavy atom. The highest BCUT2D eigenvalue weighted by Crippen LogP contribution is 2.27. The number of unbranched alkanes of at least 4 members (excludes halogenated alkanes) is 2. The predicted octanol–water partition coefficient (Wildman–Crippen LogP) is 5.20. The molecule has 1 N–H and O–H groups in total. The van der Waals surface area contributed by atoms with Gasteiger partial charge in [-0.3, -0.25) is 9.59 Å². The van der Waals surface area contributed by atoms with Crippen LogP contribution >= 0.6 is 0 Å². The van der Waals surface area contributed by atoms with E-state index in [4.69, 9.17) is 4.74 Å². The van der Waals surface area contributed by atoms with Crippen LogP contribution in [-0.2, 0) is 14.3 Å². The Labute approximate surface area is 155 Å². The van der Waals surface area contributed by atoms with Gasteiger partial charge in [0.25, 0.3) is 0 Å². The van der Waals surface area contributed by atoms with Crippen LogP contribution in [0, 0.1) is 0 Å². The normalized spacial score (nSPS) is 10.3. The molecule has 0 saturated carbocycles. The molecule has 0 saturated heterocycles. The van der Waals surface area contributed by atoms with Crippen LogP contribution in [0.25, 0.3) is 11.1 Å².